The first-order valence-electron chi connectivity index (χ1n) is 8.60. The van der Waals surface area contributed by atoms with Gasteiger partial charge < -0.3 is 20.1 Å². The molecule has 2 N–H and O–H groups in total. The molecule has 6 nitrogen and oxygen atoms in total. The highest BCUT2D eigenvalue weighted by Gasteiger charge is 2.29. The predicted molar refractivity (Wildman–Crippen MR) is 89.4 cm³/mol. The lowest BCUT2D eigenvalue weighted by atomic mass is 10.0. The van der Waals surface area contributed by atoms with Crippen LogP contribution >= 0.6 is 0 Å². The van der Waals surface area contributed by atoms with Crippen LogP contribution in [0.25, 0.3) is 0 Å². The van der Waals surface area contributed by atoms with E-state index in [2.05, 4.69) is 27.4 Å². The van der Waals surface area contributed by atoms with Gasteiger partial charge in [0.1, 0.15) is 0 Å². The Bertz CT molecular complexity index is 337. The second kappa shape index (κ2) is 9.33. The van der Waals surface area contributed by atoms with Crippen LogP contribution in [0.15, 0.2) is 4.99 Å². The van der Waals surface area contributed by atoms with Gasteiger partial charge in [-0.2, -0.15) is 0 Å². The maximum Gasteiger partial charge on any atom is 0.191 e. The van der Waals surface area contributed by atoms with Crippen LogP contribution in [0.1, 0.15) is 32.6 Å². The van der Waals surface area contributed by atoms with E-state index in [4.69, 9.17) is 9.47 Å². The lowest BCUT2D eigenvalue weighted by Crippen LogP contribution is -2.45. The quantitative estimate of drug-likeness (QED) is 0.414. The topological polar surface area (TPSA) is 58.1 Å². The first kappa shape index (κ1) is 17.5. The van der Waals surface area contributed by atoms with Crippen molar-refractivity contribution in [3.8, 4) is 0 Å². The fourth-order valence-corrected chi connectivity index (χ4v) is 2.96. The van der Waals surface area contributed by atoms with Crippen molar-refractivity contribution in [2.75, 3.05) is 59.6 Å². The summed E-state index contributed by atoms with van der Waals surface area (Å²) in [6.45, 7) is 9.93. The summed E-state index contributed by atoms with van der Waals surface area (Å²) in [7, 11) is 1.82. The second-order valence-electron chi connectivity index (χ2n) is 6.42. The van der Waals surface area contributed by atoms with Gasteiger partial charge in [-0.3, -0.25) is 9.89 Å². The highest BCUT2D eigenvalue weighted by Crippen LogP contribution is 2.23. The van der Waals surface area contributed by atoms with E-state index in [9.17, 15) is 0 Å². The molecule has 2 aliphatic heterocycles. The highest BCUT2D eigenvalue weighted by molar-refractivity contribution is 5.79. The van der Waals surface area contributed by atoms with Crippen LogP contribution in [0.4, 0.5) is 0 Å². The first-order valence-corrected chi connectivity index (χ1v) is 8.60. The number of morpholine rings is 1. The molecule has 0 radical (unpaired) electrons. The van der Waals surface area contributed by atoms with Crippen molar-refractivity contribution < 1.29 is 9.47 Å². The monoisotopic (exact) mass is 312 g/mol. The number of nitrogens with one attached hydrogen (secondary N) is 2. The third kappa shape index (κ3) is 6.10. The number of hydrogen-bond acceptors (Lipinski definition) is 4. The minimum atomic E-state index is -0.0338. The molecule has 2 rings (SSSR count). The Morgan fingerprint density at radius 3 is 2.68 bits per heavy atom. The van der Waals surface area contributed by atoms with Crippen LogP contribution < -0.4 is 10.6 Å². The van der Waals surface area contributed by atoms with Gasteiger partial charge in [-0.25, -0.2) is 0 Å². The summed E-state index contributed by atoms with van der Waals surface area (Å²) in [5.41, 5.74) is -0.0338. The molecule has 2 heterocycles. The Labute approximate surface area is 134 Å². The molecule has 1 unspecified atom stereocenters. The van der Waals surface area contributed by atoms with Gasteiger partial charge in [0.15, 0.2) is 5.96 Å². The van der Waals surface area contributed by atoms with E-state index in [1.165, 1.54) is 13.0 Å². The average molecular weight is 312 g/mol. The Kier molecular flexibility index (Phi) is 7.42. The van der Waals surface area contributed by atoms with Gasteiger partial charge in [0.05, 0.1) is 18.8 Å². The third-order valence-corrected chi connectivity index (χ3v) is 4.45. The number of unbranched alkanes of at least 4 members (excludes halogenated alkanes) is 1. The predicted octanol–water partition coefficient (Wildman–Crippen LogP) is 0.833. The normalized spacial score (nSPS) is 27.1. The van der Waals surface area contributed by atoms with Gasteiger partial charge in [0, 0.05) is 39.8 Å². The molecule has 0 bridgehead atoms. The van der Waals surface area contributed by atoms with Crippen molar-refractivity contribution in [2.45, 2.75) is 38.2 Å². The highest BCUT2D eigenvalue weighted by atomic mass is 16.5. The van der Waals surface area contributed by atoms with Crippen molar-refractivity contribution in [3.05, 3.63) is 0 Å². The zero-order chi connectivity index (χ0) is 15.7. The molecule has 6 heteroatoms. The SMILES string of the molecule is CN=C(NCCCCN1CCOCC1)NCC1(C)CCCO1. The molecule has 2 aliphatic rings. The molecule has 0 aromatic heterocycles. The molecule has 0 amide bonds. The van der Waals surface area contributed by atoms with Gasteiger partial charge in [0.2, 0.25) is 0 Å². The molecule has 2 saturated heterocycles. The summed E-state index contributed by atoms with van der Waals surface area (Å²) in [5, 5.41) is 6.77. The summed E-state index contributed by atoms with van der Waals surface area (Å²) in [6.07, 6.45) is 4.65. The molecule has 22 heavy (non-hydrogen) atoms. The first-order chi connectivity index (χ1) is 10.7. The van der Waals surface area contributed by atoms with Crippen LogP contribution in [-0.4, -0.2) is 76.1 Å². The standard InChI is InChI=1S/C16H32N4O2/c1-16(6-5-11-22-16)14-19-15(17-2)18-7-3-4-8-20-9-12-21-13-10-20/h3-14H2,1-2H3,(H2,17,18,19). The minimum Gasteiger partial charge on any atom is -0.379 e. The van der Waals surface area contributed by atoms with E-state index in [1.807, 2.05) is 7.05 Å². The number of aliphatic imine (C=N–C) groups is 1. The fraction of sp³-hybridized carbons (Fsp3) is 0.938. The van der Waals surface area contributed by atoms with E-state index in [1.54, 1.807) is 0 Å². The van der Waals surface area contributed by atoms with E-state index in [0.717, 1.165) is 71.2 Å². The Hall–Kier alpha value is -0.850. The van der Waals surface area contributed by atoms with E-state index in [-0.39, 0.29) is 5.60 Å². The molecule has 128 valence electrons. The minimum absolute atomic E-state index is 0.0338. The van der Waals surface area contributed by atoms with Crippen molar-refractivity contribution in [3.63, 3.8) is 0 Å². The lowest BCUT2D eigenvalue weighted by molar-refractivity contribution is 0.0242. The van der Waals surface area contributed by atoms with Crippen molar-refractivity contribution >= 4 is 5.96 Å². The second-order valence-corrected chi connectivity index (χ2v) is 6.42. The zero-order valence-corrected chi connectivity index (χ0v) is 14.2. The van der Waals surface area contributed by atoms with Crippen LogP contribution in [0.2, 0.25) is 0 Å². The molecule has 0 aromatic rings. The molecule has 0 spiro atoms. The molecule has 2 fully saturated rings. The Morgan fingerprint density at radius 2 is 2.00 bits per heavy atom. The maximum atomic E-state index is 5.78. The largest absolute Gasteiger partial charge is 0.379 e. The number of guanidine groups is 1. The van der Waals surface area contributed by atoms with Gasteiger partial charge in [-0.15, -0.1) is 0 Å². The maximum absolute atomic E-state index is 5.78. The van der Waals surface area contributed by atoms with Gasteiger partial charge >= 0.3 is 0 Å². The number of rotatable bonds is 7. The van der Waals surface area contributed by atoms with E-state index < -0.39 is 0 Å². The van der Waals surface area contributed by atoms with Gasteiger partial charge in [0.25, 0.3) is 0 Å². The molecular formula is C16H32N4O2. The van der Waals surface area contributed by atoms with E-state index in [0.29, 0.717) is 0 Å². The summed E-state index contributed by atoms with van der Waals surface area (Å²) in [6, 6.07) is 0. The fourth-order valence-electron chi connectivity index (χ4n) is 2.96. The van der Waals surface area contributed by atoms with Crippen LogP contribution in [0.5, 0.6) is 0 Å². The molecule has 1 atom stereocenters. The third-order valence-electron chi connectivity index (χ3n) is 4.45. The summed E-state index contributed by atoms with van der Waals surface area (Å²) < 4.78 is 11.1. The summed E-state index contributed by atoms with van der Waals surface area (Å²) in [4.78, 5) is 6.76. The Balaban J connectivity index is 1.52. The molecule has 0 saturated carbocycles. The average Bonchev–Trinajstić information content (AvgIpc) is 2.98. The number of nitrogens with zero attached hydrogens (tertiary/aromatic N) is 2. The zero-order valence-electron chi connectivity index (χ0n) is 14.2. The smallest absolute Gasteiger partial charge is 0.191 e. The van der Waals surface area contributed by atoms with Crippen molar-refractivity contribution in [1.82, 2.24) is 15.5 Å². The van der Waals surface area contributed by atoms with E-state index >= 15 is 0 Å². The Morgan fingerprint density at radius 1 is 1.18 bits per heavy atom. The van der Waals surface area contributed by atoms with Crippen LogP contribution in [-0.2, 0) is 9.47 Å². The summed E-state index contributed by atoms with van der Waals surface area (Å²) >= 11 is 0. The van der Waals surface area contributed by atoms with Gasteiger partial charge in [-0.1, -0.05) is 0 Å². The van der Waals surface area contributed by atoms with Gasteiger partial charge in [-0.05, 0) is 39.2 Å². The van der Waals surface area contributed by atoms with Crippen LogP contribution in [0, 0.1) is 0 Å². The van der Waals surface area contributed by atoms with Crippen LogP contribution in [0.3, 0.4) is 0 Å². The van der Waals surface area contributed by atoms with Crippen molar-refractivity contribution in [2.24, 2.45) is 4.99 Å². The lowest BCUT2D eigenvalue weighted by Gasteiger charge is -2.26. The molecule has 0 aliphatic carbocycles. The number of hydrogen-bond donors (Lipinski definition) is 2. The molecular weight excluding hydrogens is 280 g/mol. The molecule has 0 aromatic carbocycles. The number of ether oxygens (including phenoxy) is 2. The van der Waals surface area contributed by atoms with Crippen molar-refractivity contribution in [1.29, 1.82) is 0 Å². The summed E-state index contributed by atoms with van der Waals surface area (Å²) in [5.74, 6) is 0.878.